The molecule has 0 aliphatic heterocycles. The first-order chi connectivity index (χ1) is 9.70. The fourth-order valence-corrected chi connectivity index (χ4v) is 3.82. The number of aromatic nitrogens is 1. The molecule has 1 heterocycles. The molecule has 1 unspecified atom stereocenters. The number of nitrogens with zero attached hydrogens (tertiary/aromatic N) is 1. The van der Waals surface area contributed by atoms with Gasteiger partial charge in [-0.15, -0.1) is 0 Å². The summed E-state index contributed by atoms with van der Waals surface area (Å²) in [5.74, 6) is 0. The molecule has 0 spiro atoms. The van der Waals surface area contributed by atoms with Crippen molar-refractivity contribution in [2.45, 2.75) is 64.8 Å². The van der Waals surface area contributed by atoms with Crippen LogP contribution in [0.4, 0.5) is 0 Å². The number of nitrogens with one attached hydrogen (secondary N) is 1. The predicted molar refractivity (Wildman–Crippen MR) is 88.9 cm³/mol. The Morgan fingerprint density at radius 3 is 2.60 bits per heavy atom. The molecule has 1 aromatic heterocycles. The molecule has 0 amide bonds. The highest BCUT2D eigenvalue weighted by atomic mass is 79.9. The summed E-state index contributed by atoms with van der Waals surface area (Å²) in [7, 11) is 0. The molecule has 1 atom stereocenters. The third kappa shape index (κ3) is 3.82. The SMILES string of the molecule is CCCNC(Cc1ccc(Br)cn1)C1(CC)CCCC1. The van der Waals surface area contributed by atoms with Crippen molar-refractivity contribution in [2.24, 2.45) is 5.41 Å². The molecule has 3 heteroatoms. The molecule has 112 valence electrons. The zero-order valence-corrected chi connectivity index (χ0v) is 14.4. The van der Waals surface area contributed by atoms with Crippen LogP contribution in [0.3, 0.4) is 0 Å². The van der Waals surface area contributed by atoms with Gasteiger partial charge in [-0.25, -0.2) is 0 Å². The molecule has 1 aliphatic rings. The van der Waals surface area contributed by atoms with Crippen LogP contribution in [-0.2, 0) is 6.42 Å². The first kappa shape index (κ1) is 16.0. The lowest BCUT2D eigenvalue weighted by Gasteiger charge is -2.37. The molecule has 20 heavy (non-hydrogen) atoms. The molecule has 0 radical (unpaired) electrons. The number of halogens is 1. The Morgan fingerprint density at radius 2 is 2.05 bits per heavy atom. The van der Waals surface area contributed by atoms with Gasteiger partial charge in [0.05, 0.1) is 0 Å². The third-order valence-electron chi connectivity index (χ3n) is 4.89. The molecule has 1 fully saturated rings. The van der Waals surface area contributed by atoms with Crippen LogP contribution in [-0.4, -0.2) is 17.6 Å². The second-order valence-electron chi connectivity index (χ2n) is 6.10. The molecule has 2 rings (SSSR count). The smallest absolute Gasteiger partial charge is 0.0420 e. The Labute approximate surface area is 131 Å². The van der Waals surface area contributed by atoms with Crippen molar-refractivity contribution in [2.75, 3.05) is 6.54 Å². The Morgan fingerprint density at radius 1 is 1.30 bits per heavy atom. The van der Waals surface area contributed by atoms with Crippen LogP contribution >= 0.6 is 15.9 Å². The van der Waals surface area contributed by atoms with Crippen LogP contribution in [0.15, 0.2) is 22.8 Å². The van der Waals surface area contributed by atoms with Crippen LogP contribution in [0.5, 0.6) is 0 Å². The van der Waals surface area contributed by atoms with Gasteiger partial charge in [-0.3, -0.25) is 4.98 Å². The van der Waals surface area contributed by atoms with Crippen molar-refractivity contribution in [1.29, 1.82) is 0 Å². The Balaban J connectivity index is 2.12. The van der Waals surface area contributed by atoms with E-state index in [1.54, 1.807) is 0 Å². The lowest BCUT2D eigenvalue weighted by molar-refractivity contribution is 0.183. The summed E-state index contributed by atoms with van der Waals surface area (Å²) < 4.78 is 1.06. The fraction of sp³-hybridized carbons (Fsp3) is 0.706. The normalized spacial score (nSPS) is 19.1. The van der Waals surface area contributed by atoms with Gasteiger partial charge in [0, 0.05) is 28.8 Å². The largest absolute Gasteiger partial charge is 0.313 e. The zero-order valence-electron chi connectivity index (χ0n) is 12.8. The molecular weight excluding hydrogens is 312 g/mol. The number of hydrogen-bond donors (Lipinski definition) is 1. The van der Waals surface area contributed by atoms with E-state index in [0.29, 0.717) is 11.5 Å². The average molecular weight is 339 g/mol. The van der Waals surface area contributed by atoms with E-state index in [0.717, 1.165) is 17.4 Å². The fourth-order valence-electron chi connectivity index (χ4n) is 3.59. The summed E-state index contributed by atoms with van der Waals surface area (Å²) in [5, 5.41) is 3.81. The standard InChI is InChI=1S/C17H27BrN2/c1-3-11-19-16(17(4-2)9-5-6-10-17)12-15-8-7-14(18)13-20-15/h7-8,13,16,19H,3-6,9-12H2,1-2H3. The van der Waals surface area contributed by atoms with Gasteiger partial charge in [0.15, 0.2) is 0 Å². The van der Waals surface area contributed by atoms with Crippen molar-refractivity contribution in [3.8, 4) is 0 Å². The minimum absolute atomic E-state index is 0.490. The van der Waals surface area contributed by atoms with E-state index in [-0.39, 0.29) is 0 Å². The molecule has 0 aromatic carbocycles. The number of rotatable bonds is 7. The van der Waals surface area contributed by atoms with Gasteiger partial charge in [-0.2, -0.15) is 0 Å². The summed E-state index contributed by atoms with van der Waals surface area (Å²) in [6.45, 7) is 5.72. The van der Waals surface area contributed by atoms with E-state index in [1.807, 2.05) is 6.20 Å². The molecule has 0 bridgehead atoms. The lowest BCUT2D eigenvalue weighted by Crippen LogP contribution is -2.45. The van der Waals surface area contributed by atoms with Gasteiger partial charge in [0.1, 0.15) is 0 Å². The van der Waals surface area contributed by atoms with Crippen molar-refractivity contribution in [3.05, 3.63) is 28.5 Å². The molecule has 2 nitrogen and oxygen atoms in total. The molecule has 0 saturated heterocycles. The highest BCUT2D eigenvalue weighted by molar-refractivity contribution is 9.10. The van der Waals surface area contributed by atoms with Crippen LogP contribution < -0.4 is 5.32 Å². The second-order valence-corrected chi connectivity index (χ2v) is 7.02. The Bertz CT molecular complexity index is 396. The Hall–Kier alpha value is -0.410. The number of pyridine rings is 1. The third-order valence-corrected chi connectivity index (χ3v) is 5.35. The van der Waals surface area contributed by atoms with Crippen LogP contribution in [0.1, 0.15) is 58.1 Å². The second kappa shape index (κ2) is 7.56. The van der Waals surface area contributed by atoms with Crippen molar-refractivity contribution in [3.63, 3.8) is 0 Å². The van der Waals surface area contributed by atoms with Gasteiger partial charge >= 0.3 is 0 Å². The van der Waals surface area contributed by atoms with Gasteiger partial charge in [0.25, 0.3) is 0 Å². The maximum absolute atomic E-state index is 4.58. The van der Waals surface area contributed by atoms with Gasteiger partial charge in [-0.1, -0.05) is 26.7 Å². The summed E-state index contributed by atoms with van der Waals surface area (Å²) in [6.07, 6.45) is 11.0. The zero-order chi connectivity index (χ0) is 14.4. The van der Waals surface area contributed by atoms with E-state index in [1.165, 1.54) is 44.2 Å². The molecule has 1 N–H and O–H groups in total. The first-order valence-corrected chi connectivity index (χ1v) is 8.83. The molecular formula is C17H27BrN2. The van der Waals surface area contributed by atoms with E-state index in [4.69, 9.17) is 0 Å². The van der Waals surface area contributed by atoms with E-state index >= 15 is 0 Å². The summed E-state index contributed by atoms with van der Waals surface area (Å²) in [5.41, 5.74) is 1.70. The van der Waals surface area contributed by atoms with E-state index < -0.39 is 0 Å². The molecule has 1 saturated carbocycles. The summed E-state index contributed by atoms with van der Waals surface area (Å²) in [4.78, 5) is 4.58. The van der Waals surface area contributed by atoms with Crippen molar-refractivity contribution >= 4 is 15.9 Å². The highest BCUT2D eigenvalue weighted by Crippen LogP contribution is 2.44. The highest BCUT2D eigenvalue weighted by Gasteiger charge is 2.39. The van der Waals surface area contributed by atoms with Gasteiger partial charge < -0.3 is 5.32 Å². The monoisotopic (exact) mass is 338 g/mol. The van der Waals surface area contributed by atoms with Crippen LogP contribution in [0, 0.1) is 5.41 Å². The maximum atomic E-state index is 4.58. The Kier molecular flexibility index (Phi) is 6.03. The van der Waals surface area contributed by atoms with Gasteiger partial charge in [-0.05, 0) is 65.7 Å². The van der Waals surface area contributed by atoms with Crippen LogP contribution in [0.2, 0.25) is 0 Å². The summed E-state index contributed by atoms with van der Waals surface area (Å²) >= 11 is 3.47. The summed E-state index contributed by atoms with van der Waals surface area (Å²) in [6, 6.07) is 4.83. The molecule has 1 aromatic rings. The van der Waals surface area contributed by atoms with Crippen molar-refractivity contribution in [1.82, 2.24) is 10.3 Å². The first-order valence-electron chi connectivity index (χ1n) is 8.04. The van der Waals surface area contributed by atoms with E-state index in [9.17, 15) is 0 Å². The lowest BCUT2D eigenvalue weighted by atomic mass is 9.74. The minimum Gasteiger partial charge on any atom is -0.313 e. The molecule has 1 aliphatic carbocycles. The van der Waals surface area contributed by atoms with E-state index in [2.05, 4.69) is 52.2 Å². The van der Waals surface area contributed by atoms with Crippen LogP contribution in [0.25, 0.3) is 0 Å². The quantitative estimate of drug-likeness (QED) is 0.777. The van der Waals surface area contributed by atoms with Crippen molar-refractivity contribution < 1.29 is 0 Å². The minimum atomic E-state index is 0.490. The average Bonchev–Trinajstić information content (AvgIpc) is 2.95. The number of hydrogen-bond acceptors (Lipinski definition) is 2. The topological polar surface area (TPSA) is 24.9 Å². The maximum Gasteiger partial charge on any atom is 0.0420 e. The predicted octanol–water partition coefficient (Wildman–Crippen LogP) is 4.73. The van der Waals surface area contributed by atoms with Gasteiger partial charge in [0.2, 0.25) is 0 Å².